The molecule has 0 aliphatic carbocycles. The van der Waals surface area contributed by atoms with Crippen LogP contribution in [0.25, 0.3) is 0 Å². The van der Waals surface area contributed by atoms with Gasteiger partial charge < -0.3 is 23.0 Å². The zero-order valence-electron chi connectivity index (χ0n) is 6.70. The summed E-state index contributed by atoms with van der Waals surface area (Å²) in [6.07, 6.45) is 0. The molecular formula is H10AlNa2O5P. The number of hydrogen-bond acceptors (Lipinski definition) is 1. The molecule has 0 radical (unpaired) electrons. The second kappa shape index (κ2) is 13.2. The van der Waals surface area contributed by atoms with Gasteiger partial charge in [0.15, 0.2) is 17.4 Å². The summed E-state index contributed by atoms with van der Waals surface area (Å²) in [5.74, 6) is 0. The Labute approximate surface area is 110 Å². The molecule has 0 bridgehead atoms. The van der Waals surface area contributed by atoms with Crippen LogP contribution in [0, 0.1) is 0 Å². The van der Waals surface area contributed by atoms with E-state index in [0.29, 0.717) is 0 Å². The van der Waals surface area contributed by atoms with Gasteiger partial charge in [-0.15, -0.1) is 0 Å². The van der Waals surface area contributed by atoms with Crippen molar-refractivity contribution >= 4 is 25.2 Å². The summed E-state index contributed by atoms with van der Waals surface area (Å²) in [6, 6.07) is 0. The van der Waals surface area contributed by atoms with Crippen LogP contribution < -0.4 is 59.1 Å². The van der Waals surface area contributed by atoms with Crippen LogP contribution in [-0.2, 0) is 4.57 Å². The first kappa shape index (κ1) is 29.9. The molecule has 0 aromatic heterocycles. The Morgan fingerprint density at radius 2 is 1.11 bits per heavy atom. The third-order valence-corrected chi connectivity index (χ3v) is 0. The van der Waals surface area contributed by atoms with Gasteiger partial charge in [0.25, 0.3) is 0 Å². The first-order chi connectivity index (χ1) is 2.00. The molecule has 0 unspecified atom stereocenters. The van der Waals surface area contributed by atoms with E-state index < -0.39 is 7.82 Å². The molecule has 5 N–H and O–H groups in total. The van der Waals surface area contributed by atoms with Crippen molar-refractivity contribution in [1.29, 1.82) is 0 Å². The second-order valence-electron chi connectivity index (χ2n) is 0.513. The van der Waals surface area contributed by atoms with Crippen molar-refractivity contribution in [2.75, 3.05) is 0 Å². The molecule has 9 heteroatoms. The summed E-state index contributed by atoms with van der Waals surface area (Å²) in [6.45, 7) is 0. The van der Waals surface area contributed by atoms with E-state index in [2.05, 4.69) is 0 Å². The fraction of sp³-hybridized carbons (Fsp3) is 0. The van der Waals surface area contributed by atoms with Gasteiger partial charge in [-0.3, -0.25) is 0 Å². The molecule has 5 nitrogen and oxygen atoms in total. The summed E-state index contributed by atoms with van der Waals surface area (Å²) in [5.41, 5.74) is 0. The van der Waals surface area contributed by atoms with Gasteiger partial charge in [-0.2, -0.15) is 0 Å². The Kier molecular flexibility index (Phi) is 43.9. The van der Waals surface area contributed by atoms with E-state index in [1.165, 1.54) is 0 Å². The summed E-state index contributed by atoms with van der Waals surface area (Å²) < 4.78 is 8.88. The maximum absolute atomic E-state index is 8.88. The van der Waals surface area contributed by atoms with Crippen LogP contribution in [0.5, 0.6) is 0 Å². The van der Waals surface area contributed by atoms with Crippen molar-refractivity contribution < 1.29 is 86.7 Å². The predicted molar refractivity (Wildman–Crippen MR) is 30.0 cm³/mol. The predicted octanol–water partition coefficient (Wildman–Crippen LogP) is -8.70. The number of hydrogen-bond donors (Lipinski definition) is 3. The molecule has 0 aliphatic rings. The Bertz CT molecular complexity index is 68.6. The molecule has 0 rings (SSSR count). The summed E-state index contributed by atoms with van der Waals surface area (Å²) in [4.78, 5) is 21.6. The van der Waals surface area contributed by atoms with Gasteiger partial charge in [-0.05, 0) is 0 Å². The quantitative estimate of drug-likeness (QED) is 0.262. The molecule has 0 amide bonds. The molecule has 0 saturated carbocycles. The monoisotopic (exact) mass is 194 g/mol. The van der Waals surface area contributed by atoms with Gasteiger partial charge in [0.1, 0.15) is 0 Å². The average Bonchev–Trinajstić information content (AvgIpc) is 0.722. The Morgan fingerprint density at radius 1 is 1.11 bits per heavy atom. The van der Waals surface area contributed by atoms with Gasteiger partial charge in [0, 0.05) is 0 Å². The van der Waals surface area contributed by atoms with E-state index in [9.17, 15) is 0 Å². The molecule has 0 atom stereocenters. The van der Waals surface area contributed by atoms with Crippen LogP contribution >= 0.6 is 7.82 Å². The van der Waals surface area contributed by atoms with Crippen LogP contribution in [0.1, 0.15) is 2.85 Å². The third-order valence-electron chi connectivity index (χ3n) is 0. The van der Waals surface area contributed by atoms with Crippen LogP contribution in [0.2, 0.25) is 0 Å². The van der Waals surface area contributed by atoms with Crippen molar-refractivity contribution in [3.8, 4) is 0 Å². The zero-order valence-corrected chi connectivity index (χ0v) is 9.59. The molecular weight excluding hydrogens is 184 g/mol. The van der Waals surface area contributed by atoms with Crippen molar-refractivity contribution in [3.05, 3.63) is 0 Å². The Morgan fingerprint density at radius 3 is 1.11 bits per heavy atom. The van der Waals surface area contributed by atoms with Crippen molar-refractivity contribution in [2.24, 2.45) is 0 Å². The Hall–Kier alpha value is 2.60. The molecule has 0 aliphatic heterocycles. The SMILES string of the molecule is O.O=P(O)(O)O.[AlH3].[H-].[H-].[Na+].[Na+]. The zero-order chi connectivity index (χ0) is 4.50. The van der Waals surface area contributed by atoms with Gasteiger partial charge in [-0.25, -0.2) is 4.57 Å². The summed E-state index contributed by atoms with van der Waals surface area (Å²) in [5, 5.41) is 0. The van der Waals surface area contributed by atoms with Crippen LogP contribution in [0.4, 0.5) is 0 Å². The molecule has 0 fully saturated rings. The minimum absolute atomic E-state index is 0. The first-order valence-electron chi connectivity index (χ1n) is 0.783. The second-order valence-corrected chi connectivity index (χ2v) is 1.54. The van der Waals surface area contributed by atoms with E-state index >= 15 is 0 Å². The number of rotatable bonds is 0. The molecule has 0 heterocycles. The van der Waals surface area contributed by atoms with Crippen molar-refractivity contribution in [2.45, 2.75) is 0 Å². The normalized spacial score (nSPS) is 6.56. The van der Waals surface area contributed by atoms with Gasteiger partial charge >= 0.3 is 66.9 Å². The first-order valence-corrected chi connectivity index (χ1v) is 2.35. The van der Waals surface area contributed by atoms with E-state index in [4.69, 9.17) is 19.2 Å². The fourth-order valence-corrected chi connectivity index (χ4v) is 0. The third kappa shape index (κ3) is 116. The van der Waals surface area contributed by atoms with Crippen LogP contribution in [0.3, 0.4) is 0 Å². The minimum Gasteiger partial charge on any atom is -1.00 e. The molecule has 9 heavy (non-hydrogen) atoms. The smallest absolute Gasteiger partial charge is 1.00 e. The Balaban J connectivity index is -0.00000000533. The van der Waals surface area contributed by atoms with Crippen molar-refractivity contribution in [3.63, 3.8) is 0 Å². The number of phosphoric acid groups is 1. The average molecular weight is 194 g/mol. The van der Waals surface area contributed by atoms with Gasteiger partial charge in [0.05, 0.1) is 0 Å². The van der Waals surface area contributed by atoms with E-state index in [1.54, 1.807) is 0 Å². The molecule has 0 spiro atoms. The molecule has 0 aromatic carbocycles. The van der Waals surface area contributed by atoms with Gasteiger partial charge in [-0.1, -0.05) is 0 Å². The topological polar surface area (TPSA) is 109 Å². The van der Waals surface area contributed by atoms with Gasteiger partial charge in [0.2, 0.25) is 0 Å². The summed E-state index contributed by atoms with van der Waals surface area (Å²) in [7, 11) is -4.64. The molecule has 50 valence electrons. The van der Waals surface area contributed by atoms with Crippen molar-refractivity contribution in [1.82, 2.24) is 0 Å². The fourth-order valence-electron chi connectivity index (χ4n) is 0. The van der Waals surface area contributed by atoms with Crippen LogP contribution in [0.15, 0.2) is 0 Å². The van der Waals surface area contributed by atoms with E-state index in [-0.39, 0.29) is 84.8 Å². The maximum Gasteiger partial charge on any atom is 1.00 e. The van der Waals surface area contributed by atoms with Crippen LogP contribution in [-0.4, -0.2) is 37.5 Å². The standard InChI is InChI=1S/Al.2Na.H3O4P.H2O.5H/c;;;1-5(2,3)4;;;;;;/h;;;(H3,1,2,3,4);1H2;;;;;/q;2*+1;;;;;;2*-1. The molecule has 0 aromatic rings. The largest absolute Gasteiger partial charge is 1.00 e. The molecule has 0 saturated heterocycles. The maximum atomic E-state index is 8.88. The minimum atomic E-state index is -4.64. The van der Waals surface area contributed by atoms with E-state index in [0.717, 1.165) is 0 Å². The van der Waals surface area contributed by atoms with E-state index in [1.807, 2.05) is 0 Å². The summed E-state index contributed by atoms with van der Waals surface area (Å²) >= 11 is 0.